The van der Waals surface area contributed by atoms with Gasteiger partial charge in [-0.3, -0.25) is 9.59 Å². The van der Waals surface area contributed by atoms with Crippen molar-refractivity contribution < 1.29 is 29.4 Å². The molecule has 0 amide bonds. The Kier molecular flexibility index (Phi) is 7.53. The Balaban J connectivity index is 0.00000353. The third-order valence-corrected chi connectivity index (χ3v) is 8.55. The fourth-order valence-corrected chi connectivity index (χ4v) is 6.59. The molecule has 4 aromatic carbocycles. The highest BCUT2D eigenvalue weighted by Gasteiger charge is 2.36. The lowest BCUT2D eigenvalue weighted by molar-refractivity contribution is 0.0682. The molecule has 8 nitrogen and oxygen atoms in total. The summed E-state index contributed by atoms with van der Waals surface area (Å²) in [5.41, 5.74) is 13.4. The van der Waals surface area contributed by atoms with E-state index in [9.17, 15) is 29.4 Å². The van der Waals surface area contributed by atoms with Crippen molar-refractivity contribution in [2.24, 2.45) is 0 Å². The van der Waals surface area contributed by atoms with Gasteiger partial charge in [-0.25, -0.2) is 9.59 Å². The van der Waals surface area contributed by atoms with Crippen LogP contribution in [0.1, 0.15) is 60.0 Å². The van der Waals surface area contributed by atoms with Crippen LogP contribution in [-0.2, 0) is 0 Å². The van der Waals surface area contributed by atoms with Gasteiger partial charge in [-0.2, -0.15) is 0 Å². The fraction of sp³-hybridized carbons (Fsp3) is 0.0345. The number of carboxylic acid groups (broad SMARTS) is 2. The van der Waals surface area contributed by atoms with Crippen LogP contribution in [0.25, 0.3) is 0 Å². The quantitative estimate of drug-likeness (QED) is 0.183. The predicted molar refractivity (Wildman–Crippen MR) is 150 cm³/mol. The standard InChI is InChI=1S/C28H18N2O6S2.CH4/c29-21-19-20(24(32)14-8-2-1-7-13(14)23(19)31)22(30)26(38-18-12-6-4-10-16(18)28(35)36)25(21)37-17-11-5-3-9-15(17)27(33)34;/h1-12H,29-30H2,(H,33,34)(H,35,36);1H4. The summed E-state index contributed by atoms with van der Waals surface area (Å²) >= 11 is 1.97. The molecule has 1 aliphatic carbocycles. The third kappa shape index (κ3) is 4.64. The Bertz CT molecular complexity index is 1580. The maximum absolute atomic E-state index is 13.5. The molecule has 0 bridgehead atoms. The van der Waals surface area contributed by atoms with Gasteiger partial charge in [0.15, 0.2) is 11.6 Å². The molecule has 10 heteroatoms. The third-order valence-electron chi connectivity index (χ3n) is 6.01. The van der Waals surface area contributed by atoms with Crippen molar-refractivity contribution >= 4 is 58.4 Å². The normalized spacial score (nSPS) is 11.8. The number of carbonyl (C=O) groups excluding carboxylic acids is 2. The molecular formula is C29H22N2O6S2. The number of benzene rings is 4. The highest BCUT2D eigenvalue weighted by molar-refractivity contribution is 8.02. The molecule has 5 rings (SSSR count). The van der Waals surface area contributed by atoms with Crippen LogP contribution in [0.4, 0.5) is 11.4 Å². The first kappa shape index (κ1) is 27.5. The second kappa shape index (κ2) is 10.7. The molecule has 0 aromatic heterocycles. The van der Waals surface area contributed by atoms with Gasteiger partial charge in [-0.1, -0.05) is 79.5 Å². The first-order chi connectivity index (χ1) is 18.2. The molecule has 0 heterocycles. The molecule has 1 aliphatic rings. The molecule has 0 aliphatic heterocycles. The number of rotatable bonds is 6. The zero-order chi connectivity index (χ0) is 27.1. The molecule has 0 saturated heterocycles. The molecule has 0 unspecified atom stereocenters. The molecule has 6 N–H and O–H groups in total. The van der Waals surface area contributed by atoms with Crippen LogP contribution in [0.5, 0.6) is 0 Å². The average Bonchev–Trinajstić information content (AvgIpc) is 2.91. The van der Waals surface area contributed by atoms with Crippen LogP contribution in [0.2, 0.25) is 0 Å². The zero-order valence-electron chi connectivity index (χ0n) is 19.4. The number of nitrogen functional groups attached to an aromatic ring is 2. The molecule has 0 atom stereocenters. The van der Waals surface area contributed by atoms with Gasteiger partial charge in [-0.05, 0) is 24.3 Å². The Morgan fingerprint density at radius 1 is 0.590 bits per heavy atom. The van der Waals surface area contributed by atoms with Gasteiger partial charge in [-0.15, -0.1) is 0 Å². The van der Waals surface area contributed by atoms with Crippen molar-refractivity contribution in [3.8, 4) is 0 Å². The van der Waals surface area contributed by atoms with Crippen molar-refractivity contribution in [2.75, 3.05) is 11.5 Å². The molecular weight excluding hydrogens is 536 g/mol. The Labute approximate surface area is 232 Å². The van der Waals surface area contributed by atoms with Crippen molar-refractivity contribution in [1.29, 1.82) is 0 Å². The lowest BCUT2D eigenvalue weighted by atomic mass is 9.82. The minimum absolute atomic E-state index is 0. The summed E-state index contributed by atoms with van der Waals surface area (Å²) in [6, 6.07) is 18.9. The highest BCUT2D eigenvalue weighted by Crippen LogP contribution is 2.51. The summed E-state index contributed by atoms with van der Waals surface area (Å²) in [6.45, 7) is 0. The number of aromatic carboxylic acids is 2. The van der Waals surface area contributed by atoms with Gasteiger partial charge in [0.1, 0.15) is 0 Å². The Hall–Kier alpha value is -4.54. The number of carbonyl (C=O) groups is 4. The minimum atomic E-state index is -1.16. The van der Waals surface area contributed by atoms with Gasteiger partial charge in [0, 0.05) is 20.9 Å². The van der Waals surface area contributed by atoms with Gasteiger partial charge in [0.05, 0.1) is 43.4 Å². The fourth-order valence-electron chi connectivity index (χ4n) is 4.25. The van der Waals surface area contributed by atoms with Gasteiger partial charge < -0.3 is 21.7 Å². The SMILES string of the molecule is C.Nc1c(Sc2ccccc2C(=O)O)c(Sc2ccccc2C(=O)O)c(N)c2c1C(=O)c1ccccc1C2=O. The smallest absolute Gasteiger partial charge is 0.336 e. The number of anilines is 2. The van der Waals surface area contributed by atoms with E-state index in [-0.39, 0.29) is 62.0 Å². The molecule has 0 fully saturated rings. The van der Waals surface area contributed by atoms with Crippen molar-refractivity contribution in [3.63, 3.8) is 0 Å². The summed E-state index contributed by atoms with van der Waals surface area (Å²) in [7, 11) is 0. The van der Waals surface area contributed by atoms with Gasteiger partial charge >= 0.3 is 11.9 Å². The topological polar surface area (TPSA) is 161 Å². The molecule has 0 saturated carbocycles. The maximum Gasteiger partial charge on any atom is 0.336 e. The van der Waals surface area contributed by atoms with E-state index < -0.39 is 23.5 Å². The van der Waals surface area contributed by atoms with E-state index in [1.807, 2.05) is 0 Å². The lowest BCUT2D eigenvalue weighted by Gasteiger charge is -2.25. The van der Waals surface area contributed by atoms with E-state index in [1.165, 1.54) is 24.3 Å². The van der Waals surface area contributed by atoms with E-state index in [0.717, 1.165) is 23.5 Å². The first-order valence-corrected chi connectivity index (χ1v) is 12.8. The number of hydrogen-bond donors (Lipinski definition) is 4. The summed E-state index contributed by atoms with van der Waals surface area (Å²) in [4.78, 5) is 52.0. The number of fused-ring (bicyclic) bond motifs is 2. The van der Waals surface area contributed by atoms with Crippen LogP contribution in [0, 0.1) is 0 Å². The number of nitrogens with two attached hydrogens (primary N) is 2. The lowest BCUT2D eigenvalue weighted by Crippen LogP contribution is -2.24. The largest absolute Gasteiger partial charge is 0.478 e. The maximum atomic E-state index is 13.5. The van der Waals surface area contributed by atoms with Gasteiger partial charge in [0.25, 0.3) is 0 Å². The molecule has 39 heavy (non-hydrogen) atoms. The second-order valence-corrected chi connectivity index (χ2v) is 10.4. The van der Waals surface area contributed by atoms with E-state index in [4.69, 9.17) is 11.5 Å². The van der Waals surface area contributed by atoms with E-state index in [0.29, 0.717) is 9.79 Å². The van der Waals surface area contributed by atoms with Crippen molar-refractivity contribution in [2.45, 2.75) is 27.0 Å². The second-order valence-electron chi connectivity index (χ2n) is 8.25. The van der Waals surface area contributed by atoms with Crippen LogP contribution in [0.3, 0.4) is 0 Å². The first-order valence-electron chi connectivity index (χ1n) is 11.1. The van der Waals surface area contributed by atoms with E-state index >= 15 is 0 Å². The van der Waals surface area contributed by atoms with E-state index in [2.05, 4.69) is 0 Å². The van der Waals surface area contributed by atoms with Crippen LogP contribution in [0.15, 0.2) is 92.4 Å². The highest BCUT2D eigenvalue weighted by atomic mass is 32.2. The van der Waals surface area contributed by atoms with Crippen molar-refractivity contribution in [1.82, 2.24) is 0 Å². The molecule has 0 radical (unpaired) electrons. The number of carboxylic acids is 2. The van der Waals surface area contributed by atoms with Gasteiger partial charge in [0.2, 0.25) is 0 Å². The summed E-state index contributed by atoms with van der Waals surface area (Å²) < 4.78 is 0. The van der Waals surface area contributed by atoms with Crippen LogP contribution >= 0.6 is 23.5 Å². The summed E-state index contributed by atoms with van der Waals surface area (Å²) in [6.07, 6.45) is 0. The predicted octanol–water partition coefficient (Wildman–Crippen LogP) is 5.96. The molecule has 4 aromatic rings. The monoisotopic (exact) mass is 558 g/mol. The summed E-state index contributed by atoms with van der Waals surface area (Å²) in [5.74, 6) is -3.28. The average molecular weight is 559 g/mol. The number of hydrogen-bond acceptors (Lipinski definition) is 8. The number of ketones is 2. The molecule has 196 valence electrons. The minimum Gasteiger partial charge on any atom is -0.478 e. The van der Waals surface area contributed by atoms with Crippen LogP contribution < -0.4 is 11.5 Å². The zero-order valence-corrected chi connectivity index (χ0v) is 21.1. The Morgan fingerprint density at radius 2 is 0.923 bits per heavy atom. The Morgan fingerprint density at radius 3 is 1.28 bits per heavy atom. The summed E-state index contributed by atoms with van der Waals surface area (Å²) in [5, 5.41) is 19.4. The van der Waals surface area contributed by atoms with E-state index in [1.54, 1.807) is 48.5 Å². The molecule has 0 spiro atoms. The van der Waals surface area contributed by atoms with Crippen LogP contribution in [-0.4, -0.2) is 33.7 Å². The van der Waals surface area contributed by atoms with Crippen molar-refractivity contribution in [3.05, 3.63) is 106 Å².